The van der Waals surface area contributed by atoms with Gasteiger partial charge in [0.25, 0.3) is 0 Å². The second-order valence-electron chi connectivity index (χ2n) is 7.88. The zero-order valence-electron chi connectivity index (χ0n) is 15.7. The molecule has 2 N–H and O–H groups in total. The number of carbonyl (C=O) groups excluding carboxylic acids is 1. The molecule has 1 aromatic rings. The van der Waals surface area contributed by atoms with Crippen LogP contribution in [0.5, 0.6) is 0 Å². The molecule has 6 heteroatoms. The molecule has 0 bridgehead atoms. The Labute approximate surface area is 150 Å². The molecular weight excluding hydrogens is 316 g/mol. The standard InChI is InChI=1S/C19H32N4O2/c1-13-4-6-17(7-5-13)22-19(24)14(2)20-10-15-8-9-25-18(15)16-11-21-23(3)12-16/h11-15,17-18,20H,4-10H2,1-3H3,(H,22,24)/t13?,14-,15-,17?,18+/m0/s1. The average molecular weight is 348 g/mol. The fraction of sp³-hybridized carbons (Fsp3) is 0.789. The van der Waals surface area contributed by atoms with E-state index in [1.807, 2.05) is 31.0 Å². The van der Waals surface area contributed by atoms with Crippen LogP contribution in [0.15, 0.2) is 12.4 Å². The number of rotatable bonds is 6. The monoisotopic (exact) mass is 348 g/mol. The van der Waals surface area contributed by atoms with Gasteiger partial charge in [-0.25, -0.2) is 0 Å². The van der Waals surface area contributed by atoms with Crippen molar-refractivity contribution in [1.29, 1.82) is 0 Å². The molecule has 3 atom stereocenters. The highest BCUT2D eigenvalue weighted by Gasteiger charge is 2.31. The second kappa shape index (κ2) is 8.32. The first-order chi connectivity index (χ1) is 12.0. The Hall–Kier alpha value is -1.40. The van der Waals surface area contributed by atoms with E-state index in [4.69, 9.17) is 4.74 Å². The molecule has 2 aliphatic rings. The number of hydrogen-bond donors (Lipinski definition) is 2. The van der Waals surface area contributed by atoms with Gasteiger partial charge in [0.05, 0.1) is 18.3 Å². The van der Waals surface area contributed by atoms with Crippen LogP contribution < -0.4 is 10.6 Å². The lowest BCUT2D eigenvalue weighted by atomic mass is 9.87. The molecule has 2 fully saturated rings. The minimum absolute atomic E-state index is 0.0799. The summed E-state index contributed by atoms with van der Waals surface area (Å²) in [5.74, 6) is 1.31. The van der Waals surface area contributed by atoms with Gasteiger partial charge in [0.1, 0.15) is 0 Å². The van der Waals surface area contributed by atoms with Gasteiger partial charge in [-0.3, -0.25) is 9.48 Å². The lowest BCUT2D eigenvalue weighted by Crippen LogP contribution is -2.48. The van der Waals surface area contributed by atoms with E-state index in [0.29, 0.717) is 12.0 Å². The molecule has 0 spiro atoms. The molecular formula is C19H32N4O2. The lowest BCUT2D eigenvalue weighted by molar-refractivity contribution is -0.123. The van der Waals surface area contributed by atoms with Gasteiger partial charge in [-0.2, -0.15) is 5.10 Å². The summed E-state index contributed by atoms with van der Waals surface area (Å²) < 4.78 is 7.70. The summed E-state index contributed by atoms with van der Waals surface area (Å²) in [7, 11) is 1.92. The first kappa shape index (κ1) is 18.4. The topological polar surface area (TPSA) is 68.2 Å². The van der Waals surface area contributed by atoms with E-state index < -0.39 is 0 Å². The molecule has 1 aliphatic carbocycles. The molecule has 6 nitrogen and oxygen atoms in total. The minimum atomic E-state index is -0.172. The molecule has 0 unspecified atom stereocenters. The van der Waals surface area contributed by atoms with Crippen molar-refractivity contribution >= 4 is 5.91 Å². The molecule has 2 heterocycles. The van der Waals surface area contributed by atoms with E-state index in [2.05, 4.69) is 22.7 Å². The zero-order chi connectivity index (χ0) is 17.8. The molecule has 1 aliphatic heterocycles. The molecule has 140 valence electrons. The van der Waals surface area contributed by atoms with Crippen molar-refractivity contribution in [3.05, 3.63) is 18.0 Å². The maximum Gasteiger partial charge on any atom is 0.237 e. The van der Waals surface area contributed by atoms with Gasteiger partial charge in [0, 0.05) is 43.9 Å². The first-order valence-corrected chi connectivity index (χ1v) is 9.67. The molecule has 0 radical (unpaired) electrons. The van der Waals surface area contributed by atoms with E-state index in [0.717, 1.165) is 43.9 Å². The average Bonchev–Trinajstić information content (AvgIpc) is 3.23. The van der Waals surface area contributed by atoms with Crippen molar-refractivity contribution < 1.29 is 9.53 Å². The van der Waals surface area contributed by atoms with Crippen LogP contribution in [0.2, 0.25) is 0 Å². The van der Waals surface area contributed by atoms with E-state index in [1.165, 1.54) is 12.8 Å². The molecule has 1 aromatic heterocycles. The fourth-order valence-corrected chi connectivity index (χ4v) is 3.95. The fourth-order valence-electron chi connectivity index (χ4n) is 3.95. The Morgan fingerprint density at radius 3 is 2.80 bits per heavy atom. The third kappa shape index (κ3) is 4.82. The molecule has 3 rings (SSSR count). The molecule has 0 aromatic carbocycles. The second-order valence-corrected chi connectivity index (χ2v) is 7.88. The normalized spacial score (nSPS) is 31.0. The van der Waals surface area contributed by atoms with Gasteiger partial charge in [0.2, 0.25) is 5.91 Å². The summed E-state index contributed by atoms with van der Waals surface area (Å²) in [6.07, 6.45) is 9.65. The number of aromatic nitrogens is 2. The maximum atomic E-state index is 12.4. The highest BCUT2D eigenvalue weighted by Crippen LogP contribution is 2.33. The predicted octanol–water partition coefficient (Wildman–Crippen LogP) is 2.17. The Bertz CT molecular complexity index is 566. The first-order valence-electron chi connectivity index (χ1n) is 9.67. The number of hydrogen-bond acceptors (Lipinski definition) is 4. The minimum Gasteiger partial charge on any atom is -0.373 e. The summed E-state index contributed by atoms with van der Waals surface area (Å²) in [4.78, 5) is 12.4. The number of carbonyl (C=O) groups is 1. The summed E-state index contributed by atoms with van der Waals surface area (Å²) in [5.41, 5.74) is 1.13. The van der Waals surface area contributed by atoms with Crippen LogP contribution in [0.4, 0.5) is 0 Å². The number of aryl methyl sites for hydroxylation is 1. The number of amides is 1. The van der Waals surface area contributed by atoms with Gasteiger partial charge in [0.15, 0.2) is 0 Å². The van der Waals surface area contributed by atoms with Crippen molar-refractivity contribution in [2.24, 2.45) is 18.9 Å². The molecule has 1 saturated carbocycles. The van der Waals surface area contributed by atoms with Crippen molar-refractivity contribution in [3.8, 4) is 0 Å². The lowest BCUT2D eigenvalue weighted by Gasteiger charge is -2.28. The van der Waals surface area contributed by atoms with Crippen LogP contribution in [0.3, 0.4) is 0 Å². The zero-order valence-corrected chi connectivity index (χ0v) is 15.7. The Morgan fingerprint density at radius 2 is 2.12 bits per heavy atom. The Kier molecular flexibility index (Phi) is 6.12. The summed E-state index contributed by atoms with van der Waals surface area (Å²) in [5, 5.41) is 10.9. The van der Waals surface area contributed by atoms with Gasteiger partial charge in [-0.1, -0.05) is 6.92 Å². The van der Waals surface area contributed by atoms with Crippen LogP contribution >= 0.6 is 0 Å². The van der Waals surface area contributed by atoms with Crippen molar-refractivity contribution in [2.75, 3.05) is 13.2 Å². The Balaban J connectivity index is 1.44. The van der Waals surface area contributed by atoms with Gasteiger partial charge in [-0.05, 0) is 44.9 Å². The third-order valence-corrected chi connectivity index (χ3v) is 5.71. The maximum absolute atomic E-state index is 12.4. The summed E-state index contributed by atoms with van der Waals surface area (Å²) >= 11 is 0. The van der Waals surface area contributed by atoms with Gasteiger partial charge < -0.3 is 15.4 Å². The van der Waals surface area contributed by atoms with Crippen LogP contribution in [-0.4, -0.2) is 40.9 Å². The SMILES string of the molecule is CC1CCC(NC(=O)[C@H](C)NC[C@@H]2CCO[C@H]2c2cnn(C)c2)CC1. The molecule has 25 heavy (non-hydrogen) atoms. The van der Waals surface area contributed by atoms with E-state index in [-0.39, 0.29) is 18.1 Å². The highest BCUT2D eigenvalue weighted by molar-refractivity contribution is 5.81. The smallest absolute Gasteiger partial charge is 0.237 e. The van der Waals surface area contributed by atoms with E-state index in [1.54, 1.807) is 0 Å². The largest absolute Gasteiger partial charge is 0.373 e. The van der Waals surface area contributed by atoms with Crippen molar-refractivity contribution in [3.63, 3.8) is 0 Å². The quantitative estimate of drug-likeness (QED) is 0.827. The van der Waals surface area contributed by atoms with Crippen LogP contribution in [0.25, 0.3) is 0 Å². The molecule has 1 saturated heterocycles. The number of nitrogens with one attached hydrogen (secondary N) is 2. The van der Waals surface area contributed by atoms with Gasteiger partial charge >= 0.3 is 0 Å². The Morgan fingerprint density at radius 1 is 1.36 bits per heavy atom. The highest BCUT2D eigenvalue weighted by atomic mass is 16.5. The van der Waals surface area contributed by atoms with E-state index >= 15 is 0 Å². The third-order valence-electron chi connectivity index (χ3n) is 5.71. The van der Waals surface area contributed by atoms with Gasteiger partial charge in [-0.15, -0.1) is 0 Å². The van der Waals surface area contributed by atoms with Crippen molar-refractivity contribution in [2.45, 2.75) is 64.1 Å². The molecule has 1 amide bonds. The van der Waals surface area contributed by atoms with Crippen molar-refractivity contribution in [1.82, 2.24) is 20.4 Å². The van der Waals surface area contributed by atoms with Crippen LogP contribution in [0.1, 0.15) is 57.6 Å². The number of nitrogens with zero attached hydrogens (tertiary/aromatic N) is 2. The summed E-state index contributed by atoms with van der Waals surface area (Å²) in [6, 6.07) is 0.181. The predicted molar refractivity (Wildman–Crippen MR) is 97.0 cm³/mol. The summed E-state index contributed by atoms with van der Waals surface area (Å²) in [6.45, 7) is 5.81. The van der Waals surface area contributed by atoms with Crippen LogP contribution in [-0.2, 0) is 16.6 Å². The number of ether oxygens (including phenoxy) is 1. The van der Waals surface area contributed by atoms with E-state index in [9.17, 15) is 4.79 Å². The van der Waals surface area contributed by atoms with Crippen LogP contribution in [0, 0.1) is 11.8 Å².